The summed E-state index contributed by atoms with van der Waals surface area (Å²) in [6.07, 6.45) is 0. The van der Waals surface area contributed by atoms with E-state index in [0.717, 1.165) is 16.7 Å². The van der Waals surface area contributed by atoms with E-state index in [1.165, 1.54) is 17.8 Å². The molecule has 0 aliphatic carbocycles. The number of thioether (sulfide) groups is 1. The molecule has 1 aromatic heterocycles. The van der Waals surface area contributed by atoms with Crippen molar-refractivity contribution in [3.05, 3.63) is 54.3 Å². The van der Waals surface area contributed by atoms with Crippen LogP contribution in [0, 0.1) is 5.82 Å². The van der Waals surface area contributed by atoms with E-state index in [-0.39, 0.29) is 5.82 Å². The molecule has 0 radical (unpaired) electrons. The zero-order chi connectivity index (χ0) is 18.4. The van der Waals surface area contributed by atoms with Gasteiger partial charge in [0.15, 0.2) is 11.0 Å². The standard InChI is InChI=1S/C19H20FN3O2S/c1-3-24-14-8-10-15(11-9-14)25-12-13-26-19-22-21-18(23(19)2)16-6-4-5-7-17(16)20/h4-11H,3,12-13H2,1-2H3. The molecule has 0 saturated carbocycles. The van der Waals surface area contributed by atoms with E-state index in [2.05, 4.69) is 10.2 Å². The van der Waals surface area contributed by atoms with Crippen LogP contribution >= 0.6 is 11.8 Å². The molecular weight excluding hydrogens is 353 g/mol. The van der Waals surface area contributed by atoms with Crippen LogP contribution in [0.2, 0.25) is 0 Å². The largest absolute Gasteiger partial charge is 0.494 e. The molecule has 0 N–H and O–H groups in total. The minimum Gasteiger partial charge on any atom is -0.494 e. The third-order valence-electron chi connectivity index (χ3n) is 3.67. The summed E-state index contributed by atoms with van der Waals surface area (Å²) in [6, 6.07) is 14.1. The molecule has 0 aliphatic rings. The molecule has 5 nitrogen and oxygen atoms in total. The molecule has 0 saturated heterocycles. The molecule has 0 aliphatic heterocycles. The third-order valence-corrected chi connectivity index (χ3v) is 4.65. The highest BCUT2D eigenvalue weighted by Gasteiger charge is 2.14. The van der Waals surface area contributed by atoms with Crippen molar-refractivity contribution < 1.29 is 13.9 Å². The highest BCUT2D eigenvalue weighted by molar-refractivity contribution is 7.99. The van der Waals surface area contributed by atoms with Crippen molar-refractivity contribution in [2.24, 2.45) is 7.05 Å². The Morgan fingerprint density at radius 2 is 1.69 bits per heavy atom. The molecule has 136 valence electrons. The van der Waals surface area contributed by atoms with E-state index in [9.17, 15) is 4.39 Å². The number of rotatable bonds is 8. The third kappa shape index (κ3) is 4.35. The Morgan fingerprint density at radius 1 is 1.00 bits per heavy atom. The van der Waals surface area contributed by atoms with Gasteiger partial charge in [0, 0.05) is 12.8 Å². The molecule has 0 unspecified atom stereocenters. The minimum absolute atomic E-state index is 0.307. The maximum absolute atomic E-state index is 13.9. The second kappa shape index (κ2) is 8.71. The zero-order valence-corrected chi connectivity index (χ0v) is 15.5. The van der Waals surface area contributed by atoms with Crippen LogP contribution in [0.5, 0.6) is 11.5 Å². The predicted octanol–water partition coefficient (Wildman–Crippen LogP) is 4.19. The molecule has 0 amide bonds. The van der Waals surface area contributed by atoms with Gasteiger partial charge in [0.05, 0.1) is 18.8 Å². The van der Waals surface area contributed by atoms with Crippen LogP contribution < -0.4 is 9.47 Å². The van der Waals surface area contributed by atoms with E-state index in [4.69, 9.17) is 9.47 Å². The molecule has 0 atom stereocenters. The number of aromatic nitrogens is 3. The summed E-state index contributed by atoms with van der Waals surface area (Å²) in [6.45, 7) is 3.12. The van der Waals surface area contributed by atoms with Crippen LogP contribution in [0.25, 0.3) is 11.4 Å². The van der Waals surface area contributed by atoms with Gasteiger partial charge in [-0.05, 0) is 43.3 Å². The first kappa shape index (κ1) is 18.3. The Kier molecular flexibility index (Phi) is 6.12. The van der Waals surface area contributed by atoms with Crippen LogP contribution in [0.4, 0.5) is 4.39 Å². The fraction of sp³-hybridized carbons (Fsp3) is 0.263. The average Bonchev–Trinajstić information content (AvgIpc) is 3.01. The summed E-state index contributed by atoms with van der Waals surface area (Å²) in [7, 11) is 1.83. The lowest BCUT2D eigenvalue weighted by atomic mass is 10.2. The number of hydrogen-bond acceptors (Lipinski definition) is 5. The first-order chi connectivity index (χ1) is 12.7. The van der Waals surface area contributed by atoms with E-state index < -0.39 is 0 Å². The monoisotopic (exact) mass is 373 g/mol. The second-order valence-electron chi connectivity index (χ2n) is 5.45. The van der Waals surface area contributed by atoms with Gasteiger partial charge in [-0.15, -0.1) is 10.2 Å². The van der Waals surface area contributed by atoms with Crippen LogP contribution in [0.15, 0.2) is 53.7 Å². The summed E-state index contributed by atoms with van der Waals surface area (Å²) in [4.78, 5) is 0. The Bertz CT molecular complexity index is 852. The van der Waals surface area contributed by atoms with Crippen LogP contribution in [0.3, 0.4) is 0 Å². The van der Waals surface area contributed by atoms with Crippen molar-refractivity contribution in [1.82, 2.24) is 14.8 Å². The molecule has 7 heteroatoms. The van der Waals surface area contributed by atoms with E-state index in [1.807, 2.05) is 38.2 Å². The number of ether oxygens (including phenoxy) is 2. The summed E-state index contributed by atoms with van der Waals surface area (Å²) in [5.74, 6) is 2.53. The number of halogens is 1. The van der Waals surface area contributed by atoms with Crippen LogP contribution in [-0.2, 0) is 7.05 Å². The molecule has 1 heterocycles. The SMILES string of the molecule is CCOc1ccc(OCCSc2nnc(-c3ccccc3F)n2C)cc1. The highest BCUT2D eigenvalue weighted by Crippen LogP contribution is 2.24. The summed E-state index contributed by atoms with van der Waals surface area (Å²) >= 11 is 1.52. The molecule has 0 spiro atoms. The van der Waals surface area contributed by atoms with Gasteiger partial charge in [0.25, 0.3) is 0 Å². The van der Waals surface area contributed by atoms with E-state index >= 15 is 0 Å². The first-order valence-electron chi connectivity index (χ1n) is 8.31. The van der Waals surface area contributed by atoms with Gasteiger partial charge < -0.3 is 14.0 Å². The van der Waals surface area contributed by atoms with Crippen molar-refractivity contribution >= 4 is 11.8 Å². The maximum atomic E-state index is 13.9. The van der Waals surface area contributed by atoms with Crippen molar-refractivity contribution in [2.75, 3.05) is 19.0 Å². The van der Waals surface area contributed by atoms with Gasteiger partial charge in [-0.1, -0.05) is 23.9 Å². The Labute approximate surface area is 156 Å². The predicted molar refractivity (Wildman–Crippen MR) is 100 cm³/mol. The van der Waals surface area contributed by atoms with Gasteiger partial charge in [-0.25, -0.2) is 4.39 Å². The Hall–Kier alpha value is -2.54. The fourth-order valence-electron chi connectivity index (χ4n) is 2.41. The Morgan fingerprint density at radius 3 is 2.38 bits per heavy atom. The summed E-state index contributed by atoms with van der Waals surface area (Å²) in [5.41, 5.74) is 0.444. The normalized spacial score (nSPS) is 10.7. The van der Waals surface area contributed by atoms with Gasteiger partial charge >= 0.3 is 0 Å². The molecule has 0 fully saturated rings. The van der Waals surface area contributed by atoms with Crippen molar-refractivity contribution in [3.63, 3.8) is 0 Å². The lowest BCUT2D eigenvalue weighted by molar-refractivity contribution is 0.332. The maximum Gasteiger partial charge on any atom is 0.191 e. The first-order valence-corrected chi connectivity index (χ1v) is 9.30. The zero-order valence-electron chi connectivity index (χ0n) is 14.7. The lowest BCUT2D eigenvalue weighted by Crippen LogP contribution is -2.02. The lowest BCUT2D eigenvalue weighted by Gasteiger charge is -2.08. The van der Waals surface area contributed by atoms with Crippen molar-refractivity contribution in [2.45, 2.75) is 12.1 Å². The van der Waals surface area contributed by atoms with Crippen LogP contribution in [0.1, 0.15) is 6.92 Å². The Balaban J connectivity index is 1.53. The average molecular weight is 373 g/mol. The summed E-state index contributed by atoms with van der Waals surface area (Å²) in [5, 5.41) is 8.98. The molecule has 3 rings (SSSR count). The smallest absolute Gasteiger partial charge is 0.191 e. The highest BCUT2D eigenvalue weighted by atomic mass is 32.2. The van der Waals surface area contributed by atoms with Gasteiger partial charge in [0.2, 0.25) is 0 Å². The van der Waals surface area contributed by atoms with Crippen molar-refractivity contribution in [3.8, 4) is 22.9 Å². The van der Waals surface area contributed by atoms with E-state index in [0.29, 0.717) is 30.4 Å². The van der Waals surface area contributed by atoms with Gasteiger partial charge in [0.1, 0.15) is 17.3 Å². The van der Waals surface area contributed by atoms with Gasteiger partial charge in [-0.2, -0.15) is 0 Å². The fourth-order valence-corrected chi connectivity index (χ4v) is 3.14. The summed E-state index contributed by atoms with van der Waals surface area (Å²) < 4.78 is 26.8. The molecule has 0 bridgehead atoms. The van der Waals surface area contributed by atoms with Crippen LogP contribution in [-0.4, -0.2) is 33.7 Å². The number of hydrogen-bond donors (Lipinski definition) is 0. The topological polar surface area (TPSA) is 49.2 Å². The molecule has 26 heavy (non-hydrogen) atoms. The molecule has 2 aromatic carbocycles. The quantitative estimate of drug-likeness (QED) is 0.438. The van der Waals surface area contributed by atoms with E-state index in [1.54, 1.807) is 22.8 Å². The minimum atomic E-state index is -0.307. The number of nitrogens with zero attached hydrogens (tertiary/aromatic N) is 3. The van der Waals surface area contributed by atoms with Crippen molar-refractivity contribution in [1.29, 1.82) is 0 Å². The molecular formula is C19H20FN3O2S. The van der Waals surface area contributed by atoms with Gasteiger partial charge in [-0.3, -0.25) is 0 Å². The number of benzene rings is 2. The molecule has 3 aromatic rings. The second-order valence-corrected chi connectivity index (χ2v) is 6.51.